The number of aryl methyl sites for hydroxylation is 1. The maximum atomic E-state index is 11.5. The minimum absolute atomic E-state index is 0.0408. The molecule has 0 aliphatic carbocycles. The third kappa shape index (κ3) is 3.50. The van der Waals surface area contributed by atoms with Crippen LogP contribution in [0, 0.1) is 6.92 Å². The van der Waals surface area contributed by atoms with Gasteiger partial charge in [-0.2, -0.15) is 0 Å². The van der Waals surface area contributed by atoms with Crippen LogP contribution < -0.4 is 0 Å². The standard InChI is InChI=1S/C20H19N3O2/c1-13-4-7-17(8-5-13)23-12-22-19-10-16(6-9-20(19)23)21-11-18(14(2)24)15(3)25/h4-12,24H,1-3H3/b18-14+,21-11?. The molecule has 126 valence electrons. The highest BCUT2D eigenvalue weighted by molar-refractivity contribution is 6.13. The van der Waals surface area contributed by atoms with Gasteiger partial charge in [-0.05, 0) is 51.1 Å². The van der Waals surface area contributed by atoms with Gasteiger partial charge in [0.25, 0.3) is 0 Å². The number of aliphatic imine (C=N–C) groups is 1. The van der Waals surface area contributed by atoms with E-state index in [-0.39, 0.29) is 17.1 Å². The number of hydrogen-bond donors (Lipinski definition) is 1. The van der Waals surface area contributed by atoms with Gasteiger partial charge < -0.3 is 5.11 Å². The molecule has 25 heavy (non-hydrogen) atoms. The van der Waals surface area contributed by atoms with Crippen LogP contribution >= 0.6 is 0 Å². The summed E-state index contributed by atoms with van der Waals surface area (Å²) in [5.74, 6) is -0.269. The Morgan fingerprint density at radius 2 is 1.88 bits per heavy atom. The van der Waals surface area contributed by atoms with Gasteiger partial charge in [-0.3, -0.25) is 14.4 Å². The summed E-state index contributed by atoms with van der Waals surface area (Å²) < 4.78 is 2.01. The summed E-state index contributed by atoms with van der Waals surface area (Å²) in [4.78, 5) is 20.2. The Hall–Kier alpha value is -3.21. The molecule has 1 N–H and O–H groups in total. The summed E-state index contributed by atoms with van der Waals surface area (Å²) in [6.07, 6.45) is 3.16. The number of allylic oxidation sites excluding steroid dienone is 2. The number of Topliss-reactive ketones (excluding diaryl/α,β-unsaturated/α-hetero) is 1. The number of aliphatic hydroxyl groups is 1. The molecule has 0 spiro atoms. The topological polar surface area (TPSA) is 67.5 Å². The lowest BCUT2D eigenvalue weighted by Crippen LogP contribution is -2.01. The van der Waals surface area contributed by atoms with Crippen molar-refractivity contribution in [1.82, 2.24) is 9.55 Å². The van der Waals surface area contributed by atoms with Gasteiger partial charge in [0.15, 0.2) is 5.78 Å². The molecule has 0 fully saturated rings. The first-order chi connectivity index (χ1) is 12.0. The summed E-state index contributed by atoms with van der Waals surface area (Å²) in [6, 6.07) is 13.9. The number of benzene rings is 2. The summed E-state index contributed by atoms with van der Waals surface area (Å²) in [5, 5.41) is 9.53. The summed E-state index contributed by atoms with van der Waals surface area (Å²) in [6.45, 7) is 4.92. The molecule has 0 aliphatic heterocycles. The monoisotopic (exact) mass is 333 g/mol. The Morgan fingerprint density at radius 1 is 1.16 bits per heavy atom. The van der Waals surface area contributed by atoms with E-state index in [2.05, 4.69) is 41.2 Å². The predicted molar refractivity (Wildman–Crippen MR) is 100.0 cm³/mol. The zero-order valence-electron chi connectivity index (χ0n) is 14.4. The van der Waals surface area contributed by atoms with E-state index in [1.54, 1.807) is 6.33 Å². The molecule has 5 nitrogen and oxygen atoms in total. The van der Waals surface area contributed by atoms with Crippen LogP contribution in [0.3, 0.4) is 0 Å². The van der Waals surface area contributed by atoms with Gasteiger partial charge in [-0.1, -0.05) is 17.7 Å². The van der Waals surface area contributed by atoms with Gasteiger partial charge >= 0.3 is 0 Å². The van der Waals surface area contributed by atoms with E-state index in [1.807, 2.05) is 22.8 Å². The molecule has 0 bridgehead atoms. The second kappa shape index (κ2) is 6.73. The first kappa shape index (κ1) is 16.6. The van der Waals surface area contributed by atoms with Crippen molar-refractivity contribution >= 4 is 28.7 Å². The number of aliphatic hydroxyl groups excluding tert-OH is 1. The molecule has 0 unspecified atom stereocenters. The Bertz CT molecular complexity index is 991. The molecule has 0 saturated heterocycles. The lowest BCUT2D eigenvalue weighted by atomic mass is 10.2. The van der Waals surface area contributed by atoms with Gasteiger partial charge in [0.05, 0.1) is 22.3 Å². The van der Waals surface area contributed by atoms with Crippen LogP contribution in [0.1, 0.15) is 19.4 Å². The number of carbonyl (C=O) groups is 1. The van der Waals surface area contributed by atoms with Crippen LogP contribution in [0.4, 0.5) is 5.69 Å². The summed E-state index contributed by atoms with van der Waals surface area (Å²) in [7, 11) is 0. The minimum Gasteiger partial charge on any atom is -0.512 e. The predicted octanol–water partition coefficient (Wildman–Crippen LogP) is 4.46. The second-order valence-electron chi connectivity index (χ2n) is 5.94. The Labute approximate surface area is 146 Å². The lowest BCUT2D eigenvalue weighted by Gasteiger charge is -2.05. The van der Waals surface area contributed by atoms with E-state index in [1.165, 1.54) is 25.6 Å². The fraction of sp³-hybridized carbons (Fsp3) is 0.150. The normalized spacial score (nSPS) is 12.6. The smallest absolute Gasteiger partial charge is 0.164 e. The first-order valence-electron chi connectivity index (χ1n) is 7.94. The third-order valence-corrected chi connectivity index (χ3v) is 3.95. The molecule has 0 radical (unpaired) electrons. The van der Waals surface area contributed by atoms with E-state index in [0.717, 1.165) is 16.7 Å². The molecule has 5 heteroatoms. The molecule has 0 aliphatic rings. The van der Waals surface area contributed by atoms with Gasteiger partial charge in [0.2, 0.25) is 0 Å². The van der Waals surface area contributed by atoms with E-state index >= 15 is 0 Å². The molecule has 1 aromatic heterocycles. The molecule has 3 aromatic rings. The van der Waals surface area contributed by atoms with Crippen molar-refractivity contribution in [3.8, 4) is 5.69 Å². The summed E-state index contributed by atoms with van der Waals surface area (Å²) >= 11 is 0. The number of ketones is 1. The van der Waals surface area contributed by atoms with E-state index in [9.17, 15) is 9.90 Å². The Balaban J connectivity index is 1.96. The number of carbonyl (C=O) groups excluding carboxylic acids is 1. The van der Waals surface area contributed by atoms with Crippen molar-refractivity contribution in [2.75, 3.05) is 0 Å². The molecule has 0 saturated carbocycles. The van der Waals surface area contributed by atoms with Crippen molar-refractivity contribution in [3.05, 3.63) is 65.7 Å². The van der Waals surface area contributed by atoms with E-state index in [4.69, 9.17) is 0 Å². The number of imidazole rings is 1. The van der Waals surface area contributed by atoms with Gasteiger partial charge in [-0.15, -0.1) is 0 Å². The highest BCUT2D eigenvalue weighted by Crippen LogP contribution is 2.23. The summed E-state index contributed by atoms with van der Waals surface area (Å²) in [5.41, 5.74) is 4.90. The first-order valence-corrected chi connectivity index (χ1v) is 7.94. The van der Waals surface area contributed by atoms with Crippen LogP contribution in [-0.4, -0.2) is 26.7 Å². The van der Waals surface area contributed by atoms with E-state index < -0.39 is 0 Å². The van der Waals surface area contributed by atoms with Crippen LogP contribution in [-0.2, 0) is 4.79 Å². The van der Waals surface area contributed by atoms with Crippen molar-refractivity contribution < 1.29 is 9.90 Å². The number of hydrogen-bond acceptors (Lipinski definition) is 4. The van der Waals surface area contributed by atoms with Crippen LogP contribution in [0.15, 0.2) is 65.1 Å². The number of aromatic nitrogens is 2. The molecule has 0 atom stereocenters. The average molecular weight is 333 g/mol. The minimum atomic E-state index is -0.228. The van der Waals surface area contributed by atoms with Crippen LogP contribution in [0.2, 0.25) is 0 Å². The van der Waals surface area contributed by atoms with Crippen molar-refractivity contribution in [3.63, 3.8) is 0 Å². The number of rotatable bonds is 4. The van der Waals surface area contributed by atoms with Gasteiger partial charge in [0, 0.05) is 11.9 Å². The number of fused-ring (bicyclic) bond motifs is 1. The Kier molecular flexibility index (Phi) is 4.48. The molecule has 3 rings (SSSR count). The third-order valence-electron chi connectivity index (χ3n) is 3.95. The maximum absolute atomic E-state index is 11.5. The van der Waals surface area contributed by atoms with Gasteiger partial charge in [0.1, 0.15) is 12.1 Å². The van der Waals surface area contributed by atoms with Crippen molar-refractivity contribution in [1.29, 1.82) is 0 Å². The maximum Gasteiger partial charge on any atom is 0.164 e. The number of nitrogens with zero attached hydrogens (tertiary/aromatic N) is 3. The second-order valence-corrected chi connectivity index (χ2v) is 5.94. The van der Waals surface area contributed by atoms with Crippen LogP contribution in [0.5, 0.6) is 0 Å². The highest BCUT2D eigenvalue weighted by Gasteiger charge is 2.07. The Morgan fingerprint density at radius 3 is 2.52 bits per heavy atom. The molecule has 1 heterocycles. The van der Waals surface area contributed by atoms with Crippen molar-refractivity contribution in [2.45, 2.75) is 20.8 Å². The largest absolute Gasteiger partial charge is 0.512 e. The average Bonchev–Trinajstić information content (AvgIpc) is 2.98. The van der Waals surface area contributed by atoms with Gasteiger partial charge in [-0.25, -0.2) is 4.98 Å². The zero-order valence-corrected chi connectivity index (χ0v) is 14.4. The molecule has 2 aromatic carbocycles. The molecular formula is C20H19N3O2. The van der Waals surface area contributed by atoms with Crippen LogP contribution in [0.25, 0.3) is 16.7 Å². The molecular weight excluding hydrogens is 314 g/mol. The lowest BCUT2D eigenvalue weighted by molar-refractivity contribution is -0.113. The fourth-order valence-corrected chi connectivity index (χ4v) is 2.57. The SMILES string of the molecule is CC(=O)/C(C=Nc1ccc2c(c1)ncn2-c1ccc(C)cc1)=C(\C)O. The van der Waals surface area contributed by atoms with E-state index in [0.29, 0.717) is 5.69 Å². The highest BCUT2D eigenvalue weighted by atomic mass is 16.3. The zero-order chi connectivity index (χ0) is 18.0. The quantitative estimate of drug-likeness (QED) is 0.435. The fourth-order valence-electron chi connectivity index (χ4n) is 2.57. The van der Waals surface area contributed by atoms with Crippen molar-refractivity contribution in [2.24, 2.45) is 4.99 Å². The molecule has 0 amide bonds.